The highest BCUT2D eigenvalue weighted by Crippen LogP contribution is 2.21. The van der Waals surface area contributed by atoms with E-state index in [4.69, 9.17) is 16.3 Å². The zero-order valence-corrected chi connectivity index (χ0v) is 12.2. The predicted molar refractivity (Wildman–Crippen MR) is 74.5 cm³/mol. The van der Waals surface area contributed by atoms with Gasteiger partial charge in [-0.1, -0.05) is 18.5 Å². The Morgan fingerprint density at radius 3 is 2.79 bits per heavy atom. The van der Waals surface area contributed by atoms with Gasteiger partial charge in [-0.15, -0.1) is 0 Å². The molecule has 1 rings (SSSR count). The monoisotopic (exact) mass is 286 g/mol. The summed E-state index contributed by atoms with van der Waals surface area (Å²) in [6.45, 7) is 4.84. The molecule has 0 saturated carbocycles. The zero-order valence-electron chi connectivity index (χ0n) is 11.4. The second-order valence-corrected chi connectivity index (χ2v) is 4.30. The lowest BCUT2D eigenvalue weighted by atomic mass is 10.2. The summed E-state index contributed by atoms with van der Waals surface area (Å²) in [5.41, 5.74) is 0.817. The molecule has 1 amide bonds. The van der Waals surface area contributed by atoms with Crippen LogP contribution in [-0.4, -0.2) is 42.7 Å². The average molecular weight is 287 g/mol. The van der Waals surface area contributed by atoms with Crippen molar-refractivity contribution in [2.24, 2.45) is 0 Å². The summed E-state index contributed by atoms with van der Waals surface area (Å²) >= 11 is 6.04. The minimum atomic E-state index is -0.119. The zero-order chi connectivity index (χ0) is 14.3. The lowest BCUT2D eigenvalue weighted by molar-refractivity contribution is -0.119. The predicted octanol–water partition coefficient (Wildman–Crippen LogP) is 1.18. The largest absolute Gasteiger partial charge is 0.383 e. The first-order valence-electron chi connectivity index (χ1n) is 6.11. The van der Waals surface area contributed by atoms with Crippen LogP contribution in [0.1, 0.15) is 18.3 Å². The van der Waals surface area contributed by atoms with Crippen LogP contribution in [0.2, 0.25) is 5.15 Å². The van der Waals surface area contributed by atoms with Crippen molar-refractivity contribution >= 4 is 23.3 Å². The molecule has 0 fully saturated rings. The molecule has 1 aromatic heterocycles. The maximum absolute atomic E-state index is 11.6. The first-order chi connectivity index (χ1) is 9.08. The summed E-state index contributed by atoms with van der Waals surface area (Å²) in [7, 11) is 1.59. The van der Waals surface area contributed by atoms with E-state index in [2.05, 4.69) is 20.6 Å². The Morgan fingerprint density at radius 1 is 1.42 bits per heavy atom. The van der Waals surface area contributed by atoms with E-state index in [-0.39, 0.29) is 12.5 Å². The number of carbonyl (C=O) groups is 1. The molecule has 0 aliphatic carbocycles. The van der Waals surface area contributed by atoms with Crippen molar-refractivity contribution in [3.05, 3.63) is 16.5 Å². The third-order valence-electron chi connectivity index (χ3n) is 2.47. The molecular weight excluding hydrogens is 268 g/mol. The molecule has 0 aliphatic heterocycles. The number of aryl methyl sites for hydroxylation is 1. The van der Waals surface area contributed by atoms with Gasteiger partial charge in [0.1, 0.15) is 16.8 Å². The molecule has 0 aromatic carbocycles. The third kappa shape index (κ3) is 5.00. The minimum Gasteiger partial charge on any atom is -0.383 e. The number of nitrogens with zero attached hydrogens (tertiary/aromatic N) is 2. The van der Waals surface area contributed by atoms with Crippen LogP contribution < -0.4 is 10.6 Å². The SMILES string of the molecule is CCc1c(Cl)nc(C)nc1NCC(=O)NCCOC. The highest BCUT2D eigenvalue weighted by Gasteiger charge is 2.10. The van der Waals surface area contributed by atoms with Crippen LogP contribution in [0.4, 0.5) is 5.82 Å². The van der Waals surface area contributed by atoms with Gasteiger partial charge in [0.25, 0.3) is 0 Å². The van der Waals surface area contributed by atoms with Crippen LogP contribution in [0, 0.1) is 6.92 Å². The van der Waals surface area contributed by atoms with Gasteiger partial charge < -0.3 is 15.4 Å². The van der Waals surface area contributed by atoms with Crippen LogP contribution in [0.25, 0.3) is 0 Å². The van der Waals surface area contributed by atoms with Gasteiger partial charge in [0.2, 0.25) is 5.91 Å². The first-order valence-corrected chi connectivity index (χ1v) is 6.48. The number of aromatic nitrogens is 2. The summed E-state index contributed by atoms with van der Waals surface area (Å²) in [5.74, 6) is 1.07. The van der Waals surface area contributed by atoms with Crippen molar-refractivity contribution in [3.63, 3.8) is 0 Å². The fourth-order valence-electron chi connectivity index (χ4n) is 1.54. The second kappa shape index (κ2) is 7.91. The summed E-state index contributed by atoms with van der Waals surface area (Å²) in [5, 5.41) is 6.13. The Hall–Kier alpha value is -1.40. The topological polar surface area (TPSA) is 76.1 Å². The summed E-state index contributed by atoms with van der Waals surface area (Å²) in [4.78, 5) is 19.9. The van der Waals surface area contributed by atoms with Gasteiger partial charge in [0.05, 0.1) is 13.2 Å². The van der Waals surface area contributed by atoms with Crippen LogP contribution >= 0.6 is 11.6 Å². The van der Waals surface area contributed by atoms with E-state index < -0.39 is 0 Å². The van der Waals surface area contributed by atoms with E-state index in [1.807, 2.05) is 6.92 Å². The van der Waals surface area contributed by atoms with Crippen molar-refractivity contribution < 1.29 is 9.53 Å². The van der Waals surface area contributed by atoms with Crippen molar-refractivity contribution in [2.45, 2.75) is 20.3 Å². The number of ether oxygens (including phenoxy) is 1. The maximum Gasteiger partial charge on any atom is 0.239 e. The molecule has 6 nitrogen and oxygen atoms in total. The van der Waals surface area contributed by atoms with E-state index in [1.165, 1.54) is 0 Å². The minimum absolute atomic E-state index is 0.119. The molecule has 0 aliphatic rings. The van der Waals surface area contributed by atoms with Crippen LogP contribution in [0.5, 0.6) is 0 Å². The quantitative estimate of drug-likeness (QED) is 0.581. The van der Waals surface area contributed by atoms with Gasteiger partial charge in [-0.05, 0) is 13.3 Å². The van der Waals surface area contributed by atoms with E-state index in [0.717, 1.165) is 5.56 Å². The molecule has 1 heterocycles. The maximum atomic E-state index is 11.6. The van der Waals surface area contributed by atoms with E-state index in [1.54, 1.807) is 14.0 Å². The van der Waals surface area contributed by atoms with Crippen molar-refractivity contribution in [1.82, 2.24) is 15.3 Å². The normalized spacial score (nSPS) is 10.3. The molecule has 0 atom stereocenters. The van der Waals surface area contributed by atoms with Crippen molar-refractivity contribution in [2.75, 3.05) is 32.1 Å². The van der Waals surface area contributed by atoms with Gasteiger partial charge in [-0.2, -0.15) is 0 Å². The van der Waals surface area contributed by atoms with Gasteiger partial charge in [0.15, 0.2) is 0 Å². The summed E-state index contributed by atoms with van der Waals surface area (Å²) in [6, 6.07) is 0. The van der Waals surface area contributed by atoms with Gasteiger partial charge in [-0.3, -0.25) is 4.79 Å². The molecule has 0 spiro atoms. The van der Waals surface area contributed by atoms with Crippen molar-refractivity contribution in [1.29, 1.82) is 0 Å². The molecule has 19 heavy (non-hydrogen) atoms. The Balaban J connectivity index is 2.59. The van der Waals surface area contributed by atoms with E-state index >= 15 is 0 Å². The number of rotatable bonds is 7. The van der Waals surface area contributed by atoms with Crippen LogP contribution in [0.15, 0.2) is 0 Å². The lowest BCUT2D eigenvalue weighted by Gasteiger charge is -2.11. The molecule has 2 N–H and O–H groups in total. The van der Waals surface area contributed by atoms with Crippen LogP contribution in [-0.2, 0) is 16.0 Å². The third-order valence-corrected chi connectivity index (χ3v) is 2.78. The molecule has 1 aromatic rings. The number of hydrogen-bond donors (Lipinski definition) is 2. The molecular formula is C12H19ClN4O2. The Morgan fingerprint density at radius 2 is 2.16 bits per heavy atom. The Kier molecular flexibility index (Phi) is 6.52. The van der Waals surface area contributed by atoms with Gasteiger partial charge in [-0.25, -0.2) is 9.97 Å². The average Bonchev–Trinajstić information content (AvgIpc) is 2.36. The number of amides is 1. The molecule has 0 saturated heterocycles. The van der Waals surface area contributed by atoms with Crippen molar-refractivity contribution in [3.8, 4) is 0 Å². The standard InChI is InChI=1S/C12H19ClN4O2/c1-4-9-11(13)16-8(2)17-12(9)15-7-10(18)14-5-6-19-3/h4-7H2,1-3H3,(H,14,18)(H,15,16,17). The fourth-order valence-corrected chi connectivity index (χ4v) is 1.89. The lowest BCUT2D eigenvalue weighted by Crippen LogP contribution is -2.32. The summed E-state index contributed by atoms with van der Waals surface area (Å²) < 4.78 is 4.85. The molecule has 7 heteroatoms. The van der Waals surface area contributed by atoms with E-state index in [9.17, 15) is 4.79 Å². The smallest absolute Gasteiger partial charge is 0.239 e. The second-order valence-electron chi connectivity index (χ2n) is 3.94. The highest BCUT2D eigenvalue weighted by atomic mass is 35.5. The Labute approximate surface area is 117 Å². The van der Waals surface area contributed by atoms with E-state index in [0.29, 0.717) is 36.4 Å². The van der Waals surface area contributed by atoms with Crippen LogP contribution in [0.3, 0.4) is 0 Å². The molecule has 0 radical (unpaired) electrons. The fraction of sp³-hybridized carbons (Fsp3) is 0.583. The molecule has 0 bridgehead atoms. The molecule has 0 unspecified atom stereocenters. The molecule has 106 valence electrons. The number of hydrogen-bond acceptors (Lipinski definition) is 5. The Bertz CT molecular complexity index is 440. The van der Waals surface area contributed by atoms with Gasteiger partial charge in [0, 0.05) is 19.2 Å². The number of methoxy groups -OCH3 is 1. The van der Waals surface area contributed by atoms with Gasteiger partial charge >= 0.3 is 0 Å². The first kappa shape index (κ1) is 15.7. The number of nitrogens with one attached hydrogen (secondary N) is 2. The number of anilines is 1. The number of carbonyl (C=O) groups excluding carboxylic acids is 1. The summed E-state index contributed by atoms with van der Waals surface area (Å²) in [6.07, 6.45) is 0.701. The number of halogens is 1. The highest BCUT2D eigenvalue weighted by molar-refractivity contribution is 6.30.